The number of fused-ring (bicyclic) bond motifs is 1. The van der Waals surface area contributed by atoms with Gasteiger partial charge in [0, 0.05) is 42.3 Å². The smallest absolute Gasteiger partial charge is 0.229 e. The van der Waals surface area contributed by atoms with E-state index in [1.54, 1.807) is 12.3 Å². The van der Waals surface area contributed by atoms with E-state index in [0.717, 1.165) is 42.9 Å². The van der Waals surface area contributed by atoms with Crippen molar-refractivity contribution in [1.29, 1.82) is 0 Å². The van der Waals surface area contributed by atoms with Crippen LogP contribution in [-0.4, -0.2) is 26.3 Å². The van der Waals surface area contributed by atoms with E-state index in [9.17, 15) is 0 Å². The number of hydrogen-bond acceptors (Lipinski definition) is 6. The molecule has 180 valence electrons. The minimum absolute atomic E-state index is 0.412. The van der Waals surface area contributed by atoms with Crippen LogP contribution >= 0.6 is 23.2 Å². The number of rotatable bonds is 7. The van der Waals surface area contributed by atoms with Crippen LogP contribution in [-0.2, 0) is 19.5 Å². The normalized spacial score (nSPS) is 13.1. The van der Waals surface area contributed by atoms with Gasteiger partial charge < -0.3 is 16.0 Å². The lowest BCUT2D eigenvalue weighted by Gasteiger charge is -2.19. The molecule has 0 radical (unpaired) electrons. The summed E-state index contributed by atoms with van der Waals surface area (Å²) in [6.07, 6.45) is 6.72. The number of benzene rings is 2. The number of nitrogens with one attached hydrogen (secondary N) is 3. The van der Waals surface area contributed by atoms with Crippen molar-refractivity contribution >= 4 is 46.3 Å². The van der Waals surface area contributed by atoms with E-state index in [2.05, 4.69) is 58.1 Å². The second kappa shape index (κ2) is 10.2. The Labute approximate surface area is 214 Å². The molecule has 4 aromatic rings. The van der Waals surface area contributed by atoms with Crippen LogP contribution in [0.3, 0.4) is 0 Å². The van der Waals surface area contributed by atoms with Crippen LogP contribution in [0.25, 0.3) is 11.1 Å². The topological polar surface area (TPSA) is 79.7 Å². The van der Waals surface area contributed by atoms with Crippen molar-refractivity contribution in [1.82, 2.24) is 25.1 Å². The van der Waals surface area contributed by atoms with Crippen LogP contribution in [0.5, 0.6) is 0 Å². The molecule has 0 atom stereocenters. The molecule has 9 heteroatoms. The summed E-state index contributed by atoms with van der Waals surface area (Å²) >= 11 is 12.5. The molecule has 7 nitrogen and oxygen atoms in total. The molecule has 0 unspecified atom stereocenters. The van der Waals surface area contributed by atoms with Gasteiger partial charge in [-0.2, -0.15) is 10.1 Å². The highest BCUT2D eigenvalue weighted by Crippen LogP contribution is 2.33. The Kier molecular flexibility index (Phi) is 6.90. The molecule has 2 aromatic heterocycles. The molecule has 0 bridgehead atoms. The van der Waals surface area contributed by atoms with Gasteiger partial charge in [-0.3, -0.25) is 4.68 Å². The molecule has 0 saturated heterocycles. The quantitative estimate of drug-likeness (QED) is 0.267. The van der Waals surface area contributed by atoms with E-state index in [-0.39, 0.29) is 0 Å². The fourth-order valence-electron chi connectivity index (χ4n) is 4.14. The van der Waals surface area contributed by atoms with E-state index in [1.165, 1.54) is 11.1 Å². The number of aromatic nitrogens is 4. The Bertz CT molecular complexity index is 1350. The third-order valence-electron chi connectivity index (χ3n) is 5.84. The Morgan fingerprint density at radius 3 is 2.83 bits per heavy atom. The van der Waals surface area contributed by atoms with Gasteiger partial charge in [0.15, 0.2) is 0 Å². The van der Waals surface area contributed by atoms with Crippen LogP contribution in [0.4, 0.5) is 23.1 Å². The highest BCUT2D eigenvalue weighted by molar-refractivity contribution is 6.43. The summed E-state index contributed by atoms with van der Waals surface area (Å²) in [5.41, 5.74) is 6.09. The minimum atomic E-state index is 0.412. The summed E-state index contributed by atoms with van der Waals surface area (Å²) in [6, 6.07) is 11.9. The van der Waals surface area contributed by atoms with Crippen LogP contribution in [0.15, 0.2) is 55.0 Å². The van der Waals surface area contributed by atoms with Crippen LogP contribution in [0.1, 0.15) is 25.0 Å². The van der Waals surface area contributed by atoms with Crippen LogP contribution in [0, 0.1) is 5.92 Å². The highest BCUT2D eigenvalue weighted by atomic mass is 35.5. The Balaban J connectivity index is 1.51. The molecule has 0 aliphatic carbocycles. The van der Waals surface area contributed by atoms with Crippen molar-refractivity contribution in [2.24, 2.45) is 5.92 Å². The predicted octanol–water partition coefficient (Wildman–Crippen LogP) is 6.44. The van der Waals surface area contributed by atoms with E-state index < -0.39 is 0 Å². The molecular formula is C26H27Cl2N7. The summed E-state index contributed by atoms with van der Waals surface area (Å²) in [7, 11) is 0. The Hall–Kier alpha value is -3.13. The van der Waals surface area contributed by atoms with Gasteiger partial charge in [-0.15, -0.1) is 0 Å². The zero-order chi connectivity index (χ0) is 24.4. The maximum atomic E-state index is 6.37. The maximum Gasteiger partial charge on any atom is 0.229 e. The largest absolute Gasteiger partial charge is 0.340 e. The van der Waals surface area contributed by atoms with Crippen molar-refractivity contribution in [3.05, 3.63) is 76.2 Å². The fourth-order valence-corrected chi connectivity index (χ4v) is 4.49. The molecule has 1 aliphatic heterocycles. The molecule has 0 fully saturated rings. The SMILES string of the molecule is CC(C)Cn1cc(-c2cnc(Nc3cccc(Cl)c3Cl)nc2Nc2ccc3c(c2)CNCC3)cn1. The molecule has 0 saturated carbocycles. The number of halogens is 2. The molecule has 3 heterocycles. The summed E-state index contributed by atoms with van der Waals surface area (Å²) in [5, 5.41) is 15.6. The standard InChI is InChI=1S/C26H27Cl2N7/c1-16(2)14-35-15-19(12-31-35)21-13-30-26(33-23-5-3-4-22(27)24(23)28)34-25(21)32-20-7-6-17-8-9-29-11-18(17)10-20/h3-7,10,12-13,15-16,29H,8-9,11,14H2,1-2H3,(H2,30,32,33,34). The molecule has 3 N–H and O–H groups in total. The minimum Gasteiger partial charge on any atom is -0.340 e. The second-order valence-electron chi connectivity index (χ2n) is 9.06. The lowest BCUT2D eigenvalue weighted by Crippen LogP contribution is -2.23. The Morgan fingerprint density at radius 1 is 1.09 bits per heavy atom. The number of nitrogens with zero attached hydrogens (tertiary/aromatic N) is 4. The lowest BCUT2D eigenvalue weighted by atomic mass is 10.0. The first-order chi connectivity index (χ1) is 17.0. The summed E-state index contributed by atoms with van der Waals surface area (Å²) in [4.78, 5) is 9.36. The second-order valence-corrected chi connectivity index (χ2v) is 9.85. The van der Waals surface area contributed by atoms with Crippen LogP contribution in [0.2, 0.25) is 10.0 Å². The van der Waals surface area contributed by atoms with E-state index in [1.807, 2.05) is 29.2 Å². The summed E-state index contributed by atoms with van der Waals surface area (Å²) < 4.78 is 1.95. The summed E-state index contributed by atoms with van der Waals surface area (Å²) in [6.45, 7) is 7.06. The number of hydrogen-bond donors (Lipinski definition) is 3. The molecule has 2 aromatic carbocycles. The maximum absolute atomic E-state index is 6.37. The fraction of sp³-hybridized carbons (Fsp3) is 0.269. The Morgan fingerprint density at radius 2 is 1.97 bits per heavy atom. The van der Waals surface area contributed by atoms with Crippen LogP contribution < -0.4 is 16.0 Å². The van der Waals surface area contributed by atoms with Crippen molar-refractivity contribution in [2.75, 3.05) is 17.2 Å². The van der Waals surface area contributed by atoms with Gasteiger partial charge in [0.2, 0.25) is 5.95 Å². The van der Waals surface area contributed by atoms with Gasteiger partial charge in [-0.25, -0.2) is 4.98 Å². The van der Waals surface area contributed by atoms with Crippen molar-refractivity contribution in [3.63, 3.8) is 0 Å². The number of anilines is 4. The van der Waals surface area contributed by atoms with Gasteiger partial charge in [0.25, 0.3) is 0 Å². The van der Waals surface area contributed by atoms with Crippen molar-refractivity contribution < 1.29 is 0 Å². The monoisotopic (exact) mass is 507 g/mol. The molecular weight excluding hydrogens is 481 g/mol. The first-order valence-electron chi connectivity index (χ1n) is 11.7. The van der Waals surface area contributed by atoms with Gasteiger partial charge >= 0.3 is 0 Å². The molecule has 1 aliphatic rings. The molecule has 0 amide bonds. The van der Waals surface area contributed by atoms with Crippen molar-refractivity contribution in [3.8, 4) is 11.1 Å². The summed E-state index contributed by atoms with van der Waals surface area (Å²) in [5.74, 6) is 1.58. The average molecular weight is 508 g/mol. The average Bonchev–Trinajstić information content (AvgIpc) is 3.29. The zero-order valence-electron chi connectivity index (χ0n) is 19.6. The molecule has 35 heavy (non-hydrogen) atoms. The molecule has 0 spiro atoms. The zero-order valence-corrected chi connectivity index (χ0v) is 21.2. The highest BCUT2D eigenvalue weighted by Gasteiger charge is 2.15. The lowest BCUT2D eigenvalue weighted by molar-refractivity contribution is 0.483. The van der Waals surface area contributed by atoms with E-state index in [4.69, 9.17) is 28.2 Å². The van der Waals surface area contributed by atoms with E-state index in [0.29, 0.717) is 33.4 Å². The van der Waals surface area contributed by atoms with Gasteiger partial charge in [-0.1, -0.05) is 49.2 Å². The third kappa shape index (κ3) is 5.42. The van der Waals surface area contributed by atoms with Gasteiger partial charge in [0.1, 0.15) is 5.82 Å². The van der Waals surface area contributed by atoms with Gasteiger partial charge in [-0.05, 0) is 54.3 Å². The first kappa shape index (κ1) is 23.6. The first-order valence-corrected chi connectivity index (χ1v) is 12.4. The third-order valence-corrected chi connectivity index (χ3v) is 6.66. The predicted molar refractivity (Wildman–Crippen MR) is 143 cm³/mol. The molecule has 5 rings (SSSR count). The van der Waals surface area contributed by atoms with E-state index >= 15 is 0 Å². The van der Waals surface area contributed by atoms with Gasteiger partial charge in [0.05, 0.1) is 21.9 Å². The van der Waals surface area contributed by atoms with Crippen molar-refractivity contribution in [2.45, 2.75) is 33.4 Å².